The maximum Gasteiger partial charge on any atom is 0.270 e. The molecule has 0 radical (unpaired) electrons. The van der Waals surface area contributed by atoms with Gasteiger partial charge in [-0.2, -0.15) is 0 Å². The number of carbonyl (C=O) groups excluding carboxylic acids is 1. The first-order valence-corrected chi connectivity index (χ1v) is 7.87. The van der Waals surface area contributed by atoms with Crippen LogP contribution < -0.4 is 0 Å². The van der Waals surface area contributed by atoms with Crippen molar-refractivity contribution in [3.05, 3.63) is 37.4 Å². The predicted octanol–water partition coefficient (Wildman–Crippen LogP) is 3.60. The van der Waals surface area contributed by atoms with E-state index in [0.29, 0.717) is 12.1 Å². The van der Waals surface area contributed by atoms with E-state index in [0.717, 1.165) is 29.3 Å². The van der Waals surface area contributed by atoms with Crippen LogP contribution in [0, 0.1) is 13.7 Å². The van der Waals surface area contributed by atoms with Crippen LogP contribution in [0.3, 0.4) is 0 Å². The number of halogens is 1. The normalized spacial score (nSPS) is 15.3. The molecule has 2 rings (SSSR count). The zero-order valence-electron chi connectivity index (χ0n) is 11.3. The molecule has 0 unspecified atom stereocenters. The molecular weight excluding hydrogens is 371 g/mol. The van der Waals surface area contributed by atoms with E-state index in [4.69, 9.17) is 0 Å². The van der Waals surface area contributed by atoms with E-state index in [-0.39, 0.29) is 17.6 Å². The molecule has 0 aliphatic heterocycles. The van der Waals surface area contributed by atoms with Crippen LogP contribution in [0.2, 0.25) is 0 Å². The van der Waals surface area contributed by atoms with Gasteiger partial charge in [0.15, 0.2) is 0 Å². The molecule has 0 bridgehead atoms. The smallest absolute Gasteiger partial charge is 0.270 e. The van der Waals surface area contributed by atoms with Gasteiger partial charge in [-0.15, -0.1) is 0 Å². The lowest BCUT2D eigenvalue weighted by molar-refractivity contribution is -0.384. The third kappa shape index (κ3) is 3.11. The van der Waals surface area contributed by atoms with Gasteiger partial charge in [-0.05, 0) is 48.4 Å². The number of non-ortho nitro benzene ring substituents is 1. The minimum atomic E-state index is -0.460. The molecule has 5 nitrogen and oxygen atoms in total. The second-order valence-corrected chi connectivity index (χ2v) is 6.11. The lowest BCUT2D eigenvalue weighted by Gasteiger charge is -2.28. The molecule has 0 heterocycles. The van der Waals surface area contributed by atoms with Crippen molar-refractivity contribution < 1.29 is 9.72 Å². The second kappa shape index (κ2) is 6.51. The SMILES string of the molecule is CCN(C(=O)c1cc([N+](=O)[O-])ccc1I)C1CCCC1. The van der Waals surface area contributed by atoms with Crippen LogP contribution in [-0.2, 0) is 0 Å². The first kappa shape index (κ1) is 15.2. The van der Waals surface area contributed by atoms with E-state index in [1.807, 2.05) is 11.8 Å². The van der Waals surface area contributed by atoms with Crippen LogP contribution >= 0.6 is 22.6 Å². The van der Waals surface area contributed by atoms with Gasteiger partial charge >= 0.3 is 0 Å². The van der Waals surface area contributed by atoms with Gasteiger partial charge in [0, 0.05) is 28.3 Å². The van der Waals surface area contributed by atoms with E-state index in [9.17, 15) is 14.9 Å². The van der Waals surface area contributed by atoms with Gasteiger partial charge in [0.1, 0.15) is 0 Å². The summed E-state index contributed by atoms with van der Waals surface area (Å²) in [5.74, 6) is -0.0903. The molecule has 1 saturated carbocycles. The number of amides is 1. The van der Waals surface area contributed by atoms with Crippen LogP contribution in [0.1, 0.15) is 43.0 Å². The minimum absolute atomic E-state index is 0.0313. The Morgan fingerprint density at radius 1 is 1.45 bits per heavy atom. The fraction of sp³-hybridized carbons (Fsp3) is 0.500. The van der Waals surface area contributed by atoms with E-state index >= 15 is 0 Å². The highest BCUT2D eigenvalue weighted by Gasteiger charge is 2.28. The molecule has 108 valence electrons. The summed E-state index contributed by atoms with van der Waals surface area (Å²) >= 11 is 2.06. The van der Waals surface area contributed by atoms with Crippen molar-refractivity contribution in [2.45, 2.75) is 38.6 Å². The number of nitro groups is 1. The van der Waals surface area contributed by atoms with Crippen LogP contribution in [-0.4, -0.2) is 28.3 Å². The Kier molecular flexibility index (Phi) is 4.95. The Balaban J connectivity index is 2.30. The third-order valence-electron chi connectivity index (χ3n) is 3.76. The highest BCUT2D eigenvalue weighted by Crippen LogP contribution is 2.27. The molecule has 1 aromatic rings. The van der Waals surface area contributed by atoms with E-state index in [2.05, 4.69) is 22.6 Å². The Morgan fingerprint density at radius 3 is 2.65 bits per heavy atom. The average Bonchev–Trinajstić information content (AvgIpc) is 2.93. The van der Waals surface area contributed by atoms with Crippen molar-refractivity contribution in [2.24, 2.45) is 0 Å². The molecule has 0 spiro atoms. The van der Waals surface area contributed by atoms with Crippen molar-refractivity contribution >= 4 is 34.2 Å². The van der Waals surface area contributed by atoms with Crippen molar-refractivity contribution in [2.75, 3.05) is 6.54 Å². The molecule has 1 aliphatic carbocycles. The van der Waals surface area contributed by atoms with Crippen molar-refractivity contribution in [1.29, 1.82) is 0 Å². The first-order valence-electron chi connectivity index (χ1n) is 6.79. The molecule has 1 aliphatic rings. The molecule has 20 heavy (non-hydrogen) atoms. The number of benzene rings is 1. The summed E-state index contributed by atoms with van der Waals surface area (Å²) in [5, 5.41) is 10.9. The van der Waals surface area contributed by atoms with Gasteiger partial charge in [0.2, 0.25) is 0 Å². The molecule has 0 atom stereocenters. The molecular formula is C14H17IN2O3. The summed E-state index contributed by atoms with van der Waals surface area (Å²) in [7, 11) is 0. The van der Waals surface area contributed by atoms with Gasteiger partial charge in [-0.25, -0.2) is 0 Å². The Morgan fingerprint density at radius 2 is 2.10 bits per heavy atom. The minimum Gasteiger partial charge on any atom is -0.336 e. The fourth-order valence-corrected chi connectivity index (χ4v) is 3.30. The average molecular weight is 388 g/mol. The van der Waals surface area contributed by atoms with Gasteiger partial charge < -0.3 is 4.90 Å². The largest absolute Gasteiger partial charge is 0.336 e. The van der Waals surface area contributed by atoms with Crippen LogP contribution in [0.5, 0.6) is 0 Å². The maximum atomic E-state index is 12.7. The summed E-state index contributed by atoms with van der Waals surface area (Å²) in [6, 6.07) is 4.74. The molecule has 0 N–H and O–H groups in total. The lowest BCUT2D eigenvalue weighted by atomic mass is 10.1. The summed E-state index contributed by atoms with van der Waals surface area (Å²) in [6.07, 6.45) is 4.37. The monoisotopic (exact) mass is 388 g/mol. The van der Waals surface area contributed by atoms with Gasteiger partial charge in [-0.3, -0.25) is 14.9 Å². The summed E-state index contributed by atoms with van der Waals surface area (Å²) in [4.78, 5) is 24.9. The number of carbonyl (C=O) groups is 1. The molecule has 6 heteroatoms. The van der Waals surface area contributed by atoms with Crippen LogP contribution in [0.25, 0.3) is 0 Å². The quantitative estimate of drug-likeness (QED) is 0.450. The number of rotatable bonds is 4. The second-order valence-electron chi connectivity index (χ2n) is 4.95. The zero-order chi connectivity index (χ0) is 14.7. The van der Waals surface area contributed by atoms with E-state index in [1.54, 1.807) is 6.07 Å². The van der Waals surface area contributed by atoms with Crippen molar-refractivity contribution in [3.63, 3.8) is 0 Å². The Bertz CT molecular complexity index is 527. The van der Waals surface area contributed by atoms with E-state index < -0.39 is 4.92 Å². The number of nitro benzene ring substituents is 1. The Hall–Kier alpha value is -1.18. The van der Waals surface area contributed by atoms with Gasteiger partial charge in [0.05, 0.1) is 10.5 Å². The molecule has 1 amide bonds. The standard InChI is InChI=1S/C14H17IN2O3/c1-2-16(10-5-3-4-6-10)14(18)12-9-11(17(19)20)7-8-13(12)15/h7-10H,2-6H2,1H3. The number of nitrogens with zero attached hydrogens (tertiary/aromatic N) is 2. The van der Waals surface area contributed by atoms with Crippen LogP contribution in [0.4, 0.5) is 5.69 Å². The summed E-state index contributed by atoms with van der Waals surface area (Å²) in [5.41, 5.74) is 0.407. The first-order chi connectivity index (χ1) is 9.54. The van der Waals surface area contributed by atoms with Gasteiger partial charge in [-0.1, -0.05) is 12.8 Å². The van der Waals surface area contributed by atoms with E-state index in [1.165, 1.54) is 12.1 Å². The zero-order valence-corrected chi connectivity index (χ0v) is 13.5. The molecule has 0 aromatic heterocycles. The van der Waals surface area contributed by atoms with Gasteiger partial charge in [0.25, 0.3) is 11.6 Å². The molecule has 1 aromatic carbocycles. The third-order valence-corrected chi connectivity index (χ3v) is 4.70. The van der Waals surface area contributed by atoms with Crippen molar-refractivity contribution in [3.8, 4) is 0 Å². The Labute approximate surface area is 131 Å². The number of hydrogen-bond acceptors (Lipinski definition) is 3. The summed E-state index contributed by atoms with van der Waals surface area (Å²) in [6.45, 7) is 2.60. The topological polar surface area (TPSA) is 63.5 Å². The lowest BCUT2D eigenvalue weighted by Crippen LogP contribution is -2.39. The summed E-state index contributed by atoms with van der Waals surface area (Å²) < 4.78 is 0.759. The van der Waals surface area contributed by atoms with Crippen molar-refractivity contribution in [1.82, 2.24) is 4.90 Å². The highest BCUT2D eigenvalue weighted by atomic mass is 127. The maximum absolute atomic E-state index is 12.7. The number of hydrogen-bond donors (Lipinski definition) is 0. The fourth-order valence-electron chi connectivity index (χ4n) is 2.73. The molecule has 0 saturated heterocycles. The van der Waals surface area contributed by atoms with Crippen LogP contribution in [0.15, 0.2) is 18.2 Å². The highest BCUT2D eigenvalue weighted by molar-refractivity contribution is 14.1. The molecule has 1 fully saturated rings. The predicted molar refractivity (Wildman–Crippen MR) is 84.8 cm³/mol.